The van der Waals surface area contributed by atoms with E-state index in [0.29, 0.717) is 22.7 Å². The fraction of sp³-hybridized carbons (Fsp3) is 0.481. The topological polar surface area (TPSA) is 87.7 Å². The first-order valence-corrected chi connectivity index (χ1v) is 12.6. The van der Waals surface area contributed by atoms with Crippen LogP contribution in [-0.2, 0) is 19.7 Å². The second kappa shape index (κ2) is 9.28. The summed E-state index contributed by atoms with van der Waals surface area (Å²) >= 11 is 12.4. The van der Waals surface area contributed by atoms with Gasteiger partial charge in [-0.25, -0.2) is 4.39 Å². The molecule has 2 aliphatic rings. The highest BCUT2D eigenvalue weighted by molar-refractivity contribution is 6.31. The third-order valence-electron chi connectivity index (χ3n) is 6.97. The average molecular weight is 537 g/mol. The summed E-state index contributed by atoms with van der Waals surface area (Å²) in [5, 5.41) is 16.6. The van der Waals surface area contributed by atoms with Gasteiger partial charge in [0.1, 0.15) is 22.9 Å². The largest absolute Gasteiger partial charge is 0.459 e. The predicted octanol–water partition coefficient (Wildman–Crippen LogP) is 5.20. The zero-order chi connectivity index (χ0) is 26.6. The molecule has 3 N–H and O–H groups in total. The molecule has 1 amide bonds. The lowest BCUT2D eigenvalue weighted by atomic mass is 9.62. The molecule has 9 heteroatoms. The number of amides is 1. The molecule has 0 aromatic heterocycles. The maximum Gasteiger partial charge on any atom is 0.324 e. The first-order chi connectivity index (χ1) is 16.7. The highest BCUT2D eigenvalue weighted by Gasteiger charge is 2.66. The SMILES string of the molecule is CC(C)(CO)C[C@@H]1N[C@@H](C(=O)OC(C)(C)C)[C@H](c2cccc(Cl)c2F)C12C(=O)Nc1cc(Cl)ccc12. The van der Waals surface area contributed by atoms with Crippen LogP contribution in [0.1, 0.15) is 58.1 Å². The molecular weight excluding hydrogens is 506 g/mol. The summed E-state index contributed by atoms with van der Waals surface area (Å²) in [6, 6.07) is 7.91. The fourth-order valence-corrected chi connectivity index (χ4v) is 5.85. The molecule has 1 fully saturated rings. The van der Waals surface area contributed by atoms with Gasteiger partial charge in [0, 0.05) is 29.3 Å². The van der Waals surface area contributed by atoms with Gasteiger partial charge in [0.25, 0.3) is 0 Å². The first-order valence-electron chi connectivity index (χ1n) is 11.9. The number of anilines is 1. The van der Waals surface area contributed by atoms with Crippen LogP contribution < -0.4 is 10.6 Å². The van der Waals surface area contributed by atoms with Crippen molar-refractivity contribution in [3.8, 4) is 0 Å². The van der Waals surface area contributed by atoms with E-state index >= 15 is 4.39 Å². The van der Waals surface area contributed by atoms with E-state index in [0.717, 1.165) is 0 Å². The van der Waals surface area contributed by atoms with Gasteiger partial charge in [-0.2, -0.15) is 0 Å². The number of hydrogen-bond donors (Lipinski definition) is 3. The fourth-order valence-electron chi connectivity index (χ4n) is 5.50. The Morgan fingerprint density at radius 1 is 1.17 bits per heavy atom. The summed E-state index contributed by atoms with van der Waals surface area (Å²) < 4.78 is 21.4. The second-order valence-electron chi connectivity index (χ2n) is 11.4. The number of hydrogen-bond acceptors (Lipinski definition) is 5. The van der Waals surface area contributed by atoms with Crippen LogP contribution in [0.3, 0.4) is 0 Å². The molecule has 0 radical (unpaired) electrons. The third kappa shape index (κ3) is 4.51. The van der Waals surface area contributed by atoms with Crippen molar-refractivity contribution in [2.45, 2.75) is 70.1 Å². The van der Waals surface area contributed by atoms with E-state index in [1.807, 2.05) is 13.8 Å². The van der Waals surface area contributed by atoms with E-state index < -0.39 is 46.2 Å². The van der Waals surface area contributed by atoms with Gasteiger partial charge < -0.3 is 15.2 Å². The van der Waals surface area contributed by atoms with Crippen molar-refractivity contribution in [2.75, 3.05) is 11.9 Å². The minimum atomic E-state index is -1.40. The molecule has 2 aromatic carbocycles. The summed E-state index contributed by atoms with van der Waals surface area (Å²) in [6.07, 6.45) is 0.316. The molecule has 1 spiro atoms. The van der Waals surface area contributed by atoms with Crippen molar-refractivity contribution in [1.82, 2.24) is 5.32 Å². The van der Waals surface area contributed by atoms with E-state index in [1.165, 1.54) is 6.07 Å². The van der Waals surface area contributed by atoms with Crippen LogP contribution >= 0.6 is 23.2 Å². The van der Waals surface area contributed by atoms with Crippen molar-refractivity contribution in [3.05, 3.63) is 63.4 Å². The van der Waals surface area contributed by atoms with E-state index in [4.69, 9.17) is 27.9 Å². The molecule has 4 atom stereocenters. The molecule has 2 heterocycles. The van der Waals surface area contributed by atoms with Crippen LogP contribution in [0.15, 0.2) is 36.4 Å². The molecule has 1 saturated heterocycles. The van der Waals surface area contributed by atoms with E-state index in [1.54, 1.807) is 51.1 Å². The summed E-state index contributed by atoms with van der Waals surface area (Å²) in [5.41, 5.74) is -1.60. The molecule has 36 heavy (non-hydrogen) atoms. The van der Waals surface area contributed by atoms with Gasteiger partial charge >= 0.3 is 5.97 Å². The molecule has 0 aliphatic carbocycles. The van der Waals surface area contributed by atoms with Gasteiger partial charge in [-0.1, -0.05) is 55.2 Å². The van der Waals surface area contributed by atoms with Gasteiger partial charge in [-0.05, 0) is 61.9 Å². The lowest BCUT2D eigenvalue weighted by Crippen LogP contribution is -2.50. The minimum Gasteiger partial charge on any atom is -0.459 e. The van der Waals surface area contributed by atoms with Gasteiger partial charge in [0.2, 0.25) is 5.91 Å². The van der Waals surface area contributed by atoms with Crippen molar-refractivity contribution in [3.63, 3.8) is 0 Å². The van der Waals surface area contributed by atoms with E-state index in [2.05, 4.69) is 10.6 Å². The van der Waals surface area contributed by atoms with Crippen LogP contribution in [0.4, 0.5) is 10.1 Å². The molecule has 0 saturated carbocycles. The minimum absolute atomic E-state index is 0.112. The predicted molar refractivity (Wildman–Crippen MR) is 138 cm³/mol. The Bertz CT molecular complexity index is 1210. The number of fused-ring (bicyclic) bond motifs is 2. The van der Waals surface area contributed by atoms with Crippen LogP contribution in [0, 0.1) is 11.2 Å². The average Bonchev–Trinajstić information content (AvgIpc) is 3.24. The Morgan fingerprint density at radius 2 is 1.86 bits per heavy atom. The molecular formula is C27H31Cl2FN2O4. The number of aliphatic hydroxyl groups is 1. The van der Waals surface area contributed by atoms with Crippen molar-refractivity contribution >= 4 is 40.8 Å². The van der Waals surface area contributed by atoms with Crippen molar-refractivity contribution in [2.24, 2.45) is 5.41 Å². The maximum atomic E-state index is 15.7. The maximum absolute atomic E-state index is 15.7. The number of esters is 1. The van der Waals surface area contributed by atoms with Gasteiger partial charge in [-0.15, -0.1) is 0 Å². The third-order valence-corrected chi connectivity index (χ3v) is 7.49. The van der Waals surface area contributed by atoms with E-state index in [9.17, 15) is 14.7 Å². The second-order valence-corrected chi connectivity index (χ2v) is 12.2. The Balaban J connectivity index is 2.01. The van der Waals surface area contributed by atoms with Crippen molar-refractivity contribution in [1.29, 1.82) is 0 Å². The number of benzene rings is 2. The molecule has 2 aromatic rings. The first kappa shape index (κ1) is 26.9. The van der Waals surface area contributed by atoms with Gasteiger partial charge in [0.15, 0.2) is 0 Å². The number of ether oxygens (including phenoxy) is 1. The highest BCUT2D eigenvalue weighted by Crippen LogP contribution is 2.57. The molecule has 1 unspecified atom stereocenters. The Kier molecular flexibility index (Phi) is 6.92. The number of nitrogens with one attached hydrogen (secondary N) is 2. The Hall–Kier alpha value is -2.19. The number of carbonyl (C=O) groups excluding carboxylic acids is 2. The molecule has 4 rings (SSSR count). The number of carbonyl (C=O) groups is 2. The molecule has 6 nitrogen and oxygen atoms in total. The van der Waals surface area contributed by atoms with Gasteiger partial charge in [0.05, 0.1) is 5.02 Å². The van der Waals surface area contributed by atoms with Crippen LogP contribution in [0.2, 0.25) is 10.0 Å². The standard InChI is InChI=1S/C27H31Cl2FN2O4/c1-25(2,3)36-23(34)22-20(15-7-6-8-17(29)21(15)30)27(19(32-22)12-26(4,5)13-33)16-10-9-14(28)11-18(16)31-24(27)35/h6-11,19-20,22,32-33H,12-13H2,1-5H3,(H,31,35)/t19-,20-,22+,27?/m0/s1. The highest BCUT2D eigenvalue weighted by atomic mass is 35.5. The van der Waals surface area contributed by atoms with Crippen LogP contribution in [0.5, 0.6) is 0 Å². The summed E-state index contributed by atoms with van der Waals surface area (Å²) in [5.74, 6) is -2.68. The van der Waals surface area contributed by atoms with Crippen LogP contribution in [-0.4, -0.2) is 41.3 Å². The summed E-state index contributed by atoms with van der Waals surface area (Å²) in [7, 11) is 0. The Labute approximate surface area is 220 Å². The quantitative estimate of drug-likeness (QED) is 0.457. The van der Waals surface area contributed by atoms with Gasteiger partial charge in [-0.3, -0.25) is 14.9 Å². The smallest absolute Gasteiger partial charge is 0.324 e. The zero-order valence-corrected chi connectivity index (χ0v) is 22.4. The number of halogens is 3. The summed E-state index contributed by atoms with van der Waals surface area (Å²) in [4.78, 5) is 27.6. The normalized spacial score (nSPS) is 25.7. The Morgan fingerprint density at radius 3 is 2.50 bits per heavy atom. The zero-order valence-electron chi connectivity index (χ0n) is 20.9. The number of rotatable bonds is 5. The molecule has 0 bridgehead atoms. The monoisotopic (exact) mass is 536 g/mol. The lowest BCUT2D eigenvalue weighted by Gasteiger charge is -2.38. The van der Waals surface area contributed by atoms with Crippen LogP contribution in [0.25, 0.3) is 0 Å². The van der Waals surface area contributed by atoms with E-state index in [-0.39, 0.29) is 23.1 Å². The molecule has 2 aliphatic heterocycles. The number of aliphatic hydroxyl groups excluding tert-OH is 1. The molecule has 194 valence electrons. The lowest BCUT2D eigenvalue weighted by molar-refractivity contribution is -0.157. The van der Waals surface area contributed by atoms with Crippen molar-refractivity contribution < 1.29 is 23.8 Å². The summed E-state index contributed by atoms with van der Waals surface area (Å²) in [6.45, 7) is 8.83.